The largest absolute Gasteiger partial charge is 0.427 e. The molecule has 0 radical (unpaired) electrons. The van der Waals surface area contributed by atoms with Crippen LogP contribution < -0.4 is 9.64 Å². The van der Waals surface area contributed by atoms with E-state index in [0.717, 1.165) is 30.6 Å². The molecule has 36 heavy (non-hydrogen) atoms. The summed E-state index contributed by atoms with van der Waals surface area (Å²) in [6.07, 6.45) is 5.02. The number of rotatable bonds is 6. The fourth-order valence-electron chi connectivity index (χ4n) is 4.93. The third kappa shape index (κ3) is 5.27. The molecule has 3 amide bonds. The maximum atomic E-state index is 13.7. The van der Waals surface area contributed by atoms with Gasteiger partial charge in [0, 0.05) is 30.7 Å². The van der Waals surface area contributed by atoms with E-state index in [1.54, 1.807) is 0 Å². The van der Waals surface area contributed by atoms with Gasteiger partial charge in [-0.3, -0.25) is 29.3 Å². The van der Waals surface area contributed by atoms with Crippen LogP contribution in [0.2, 0.25) is 0 Å². The topological polar surface area (TPSA) is 127 Å². The van der Waals surface area contributed by atoms with E-state index in [-0.39, 0.29) is 29.5 Å². The molecular weight excluding hydrogens is 466 g/mol. The first-order valence-corrected chi connectivity index (χ1v) is 12.0. The lowest BCUT2D eigenvalue weighted by Crippen LogP contribution is -2.50. The minimum absolute atomic E-state index is 0.109. The van der Waals surface area contributed by atoms with Crippen LogP contribution in [0, 0.1) is 10.1 Å². The lowest BCUT2D eigenvalue weighted by molar-refractivity contribution is -0.384. The molecule has 2 aliphatic rings. The Morgan fingerprint density at radius 2 is 1.69 bits per heavy atom. The number of carbonyl (C=O) groups excluding carboxylic acids is 4. The van der Waals surface area contributed by atoms with E-state index < -0.39 is 34.7 Å². The van der Waals surface area contributed by atoms with Crippen LogP contribution in [0.5, 0.6) is 5.75 Å². The van der Waals surface area contributed by atoms with Gasteiger partial charge >= 0.3 is 5.97 Å². The van der Waals surface area contributed by atoms with Gasteiger partial charge in [0.25, 0.3) is 17.5 Å². The Labute approximate surface area is 208 Å². The van der Waals surface area contributed by atoms with Crippen LogP contribution in [0.4, 0.5) is 11.4 Å². The summed E-state index contributed by atoms with van der Waals surface area (Å²) in [5.41, 5.74) is 0.204. The van der Waals surface area contributed by atoms with Gasteiger partial charge in [0.1, 0.15) is 11.8 Å². The van der Waals surface area contributed by atoms with Crippen LogP contribution in [0.1, 0.15) is 62.2 Å². The van der Waals surface area contributed by atoms with Gasteiger partial charge < -0.3 is 9.64 Å². The Morgan fingerprint density at radius 1 is 1.03 bits per heavy atom. The highest BCUT2D eigenvalue weighted by Crippen LogP contribution is 2.33. The van der Waals surface area contributed by atoms with Gasteiger partial charge in [-0.25, -0.2) is 4.90 Å². The summed E-state index contributed by atoms with van der Waals surface area (Å²) in [6.45, 7) is 1.27. The van der Waals surface area contributed by atoms with E-state index in [2.05, 4.69) is 0 Å². The molecular formula is C26H27N3O7. The number of benzene rings is 2. The molecule has 4 rings (SSSR count). The summed E-state index contributed by atoms with van der Waals surface area (Å²) in [4.78, 5) is 64.7. The summed E-state index contributed by atoms with van der Waals surface area (Å²) in [5, 5.41) is 11.3. The predicted octanol–water partition coefficient (Wildman–Crippen LogP) is 4.02. The summed E-state index contributed by atoms with van der Waals surface area (Å²) in [6, 6.07) is 10.2. The van der Waals surface area contributed by atoms with Crippen LogP contribution in [-0.2, 0) is 14.4 Å². The van der Waals surface area contributed by atoms with Crippen LogP contribution in [-0.4, -0.2) is 45.6 Å². The number of carbonyl (C=O) groups is 4. The fraction of sp³-hybridized carbons (Fsp3) is 0.385. The number of hydrogen-bond donors (Lipinski definition) is 0. The molecule has 2 fully saturated rings. The zero-order valence-electron chi connectivity index (χ0n) is 19.9. The van der Waals surface area contributed by atoms with Crippen molar-refractivity contribution in [3.63, 3.8) is 0 Å². The summed E-state index contributed by atoms with van der Waals surface area (Å²) < 4.78 is 5.01. The fourth-order valence-corrected chi connectivity index (χ4v) is 4.93. The molecule has 1 aliphatic carbocycles. The van der Waals surface area contributed by atoms with Crippen LogP contribution in [0.3, 0.4) is 0 Å². The second-order valence-corrected chi connectivity index (χ2v) is 9.04. The molecule has 0 bridgehead atoms. The first-order valence-electron chi connectivity index (χ1n) is 12.0. The molecule has 1 atom stereocenters. The molecule has 0 N–H and O–H groups in total. The molecule has 2 aromatic carbocycles. The molecule has 1 unspecified atom stereocenters. The van der Waals surface area contributed by atoms with Gasteiger partial charge in [0.2, 0.25) is 5.91 Å². The maximum absolute atomic E-state index is 13.7. The quantitative estimate of drug-likeness (QED) is 0.148. The minimum Gasteiger partial charge on any atom is -0.427 e. The highest BCUT2D eigenvalue weighted by Gasteiger charge is 2.46. The normalized spacial score (nSPS) is 18.6. The van der Waals surface area contributed by atoms with Crippen molar-refractivity contribution in [2.75, 3.05) is 4.90 Å². The maximum Gasteiger partial charge on any atom is 0.308 e. The van der Waals surface area contributed by atoms with E-state index in [1.165, 1.54) is 60.4 Å². The Bertz CT molecular complexity index is 1190. The van der Waals surface area contributed by atoms with Crippen molar-refractivity contribution in [3.8, 4) is 5.75 Å². The molecule has 10 nitrogen and oxygen atoms in total. The van der Waals surface area contributed by atoms with Gasteiger partial charge in [-0.2, -0.15) is 0 Å². The van der Waals surface area contributed by atoms with Gasteiger partial charge in [-0.1, -0.05) is 31.7 Å². The molecule has 0 spiro atoms. The Balaban J connectivity index is 1.66. The molecule has 188 valence electrons. The third-order valence-electron chi connectivity index (χ3n) is 6.57. The number of hydrogen-bond acceptors (Lipinski definition) is 7. The van der Waals surface area contributed by atoms with E-state index in [0.29, 0.717) is 18.5 Å². The van der Waals surface area contributed by atoms with Gasteiger partial charge in [0.15, 0.2) is 0 Å². The molecule has 2 aromatic rings. The van der Waals surface area contributed by atoms with Gasteiger partial charge in [-0.05, 0) is 43.2 Å². The molecule has 1 aliphatic heterocycles. The number of nitrogens with zero attached hydrogens (tertiary/aromatic N) is 3. The average molecular weight is 494 g/mol. The summed E-state index contributed by atoms with van der Waals surface area (Å²) in [7, 11) is 0. The standard InChI is InChI=1S/C26H27N3O7/c1-17(30)36-22-13-11-20(12-14-22)28-24(31)16-23(26(28)33)27(19-8-4-2-3-5-9-19)25(32)18-7-6-10-21(15-18)29(34)35/h6-7,10-15,19,23H,2-5,8-9,16H2,1H3. The monoisotopic (exact) mass is 493 g/mol. The second kappa shape index (κ2) is 10.7. The number of nitro benzene ring substituents is 1. The van der Waals surface area contributed by atoms with E-state index >= 15 is 0 Å². The zero-order chi connectivity index (χ0) is 25.8. The lowest BCUT2D eigenvalue weighted by atomic mass is 10.0. The van der Waals surface area contributed by atoms with E-state index in [4.69, 9.17) is 4.74 Å². The van der Waals surface area contributed by atoms with Crippen LogP contribution >= 0.6 is 0 Å². The number of esters is 1. The van der Waals surface area contributed by atoms with Crippen molar-refractivity contribution in [3.05, 3.63) is 64.2 Å². The van der Waals surface area contributed by atoms with Crippen molar-refractivity contribution in [1.82, 2.24) is 4.90 Å². The molecule has 1 saturated heterocycles. The van der Waals surface area contributed by atoms with E-state index in [9.17, 15) is 29.3 Å². The second-order valence-electron chi connectivity index (χ2n) is 9.04. The summed E-state index contributed by atoms with van der Waals surface area (Å²) >= 11 is 0. The van der Waals surface area contributed by atoms with Crippen LogP contribution in [0.25, 0.3) is 0 Å². The van der Waals surface area contributed by atoms with Gasteiger partial charge in [0.05, 0.1) is 17.0 Å². The van der Waals surface area contributed by atoms with Crippen LogP contribution in [0.15, 0.2) is 48.5 Å². The number of ether oxygens (including phenoxy) is 1. The minimum atomic E-state index is -1.01. The Kier molecular flexibility index (Phi) is 7.42. The average Bonchev–Trinajstić information content (AvgIpc) is 3.01. The molecule has 1 saturated carbocycles. The Hall–Kier alpha value is -4.08. The molecule has 10 heteroatoms. The number of nitro groups is 1. The van der Waals surface area contributed by atoms with Gasteiger partial charge in [-0.15, -0.1) is 0 Å². The number of amides is 3. The molecule has 0 aromatic heterocycles. The first-order chi connectivity index (χ1) is 17.3. The SMILES string of the molecule is CC(=O)Oc1ccc(N2C(=O)CC(N(C(=O)c3cccc([N+](=O)[O-])c3)C3CCCCCC3)C2=O)cc1. The highest BCUT2D eigenvalue weighted by atomic mass is 16.6. The van der Waals surface area contributed by atoms with Crippen molar-refractivity contribution in [2.45, 2.75) is 64.0 Å². The number of imide groups is 1. The van der Waals surface area contributed by atoms with Crippen molar-refractivity contribution in [1.29, 1.82) is 0 Å². The highest BCUT2D eigenvalue weighted by molar-refractivity contribution is 6.23. The smallest absolute Gasteiger partial charge is 0.308 e. The zero-order valence-corrected chi connectivity index (χ0v) is 19.9. The van der Waals surface area contributed by atoms with E-state index in [1.807, 2.05) is 0 Å². The summed E-state index contributed by atoms with van der Waals surface area (Å²) in [5.74, 6) is -1.68. The van der Waals surface area contributed by atoms with Crippen molar-refractivity contribution < 1.29 is 28.8 Å². The predicted molar refractivity (Wildman–Crippen MR) is 129 cm³/mol. The van der Waals surface area contributed by atoms with Crippen molar-refractivity contribution >= 4 is 35.1 Å². The third-order valence-corrected chi connectivity index (χ3v) is 6.57. The Morgan fingerprint density at radius 3 is 2.31 bits per heavy atom. The number of non-ortho nitro benzene ring substituents is 1. The lowest BCUT2D eigenvalue weighted by Gasteiger charge is -2.35. The van der Waals surface area contributed by atoms with Crippen molar-refractivity contribution in [2.24, 2.45) is 0 Å². The number of anilines is 1. The molecule has 1 heterocycles. The first kappa shape index (κ1) is 25.0.